The number of nitrogens with one attached hydrogen (secondary N) is 1. The summed E-state index contributed by atoms with van der Waals surface area (Å²) in [7, 11) is 1.65. The van der Waals surface area contributed by atoms with Crippen molar-refractivity contribution in [2.45, 2.75) is 66.2 Å². The average molecular weight is 986 g/mol. The summed E-state index contributed by atoms with van der Waals surface area (Å²) in [6.45, 7) is 13.4. The first-order chi connectivity index (χ1) is 33.6. The number of ether oxygens (including phenoxy) is 2. The summed E-state index contributed by atoms with van der Waals surface area (Å²) in [5.74, 6) is -0.193. The number of imidazole rings is 1. The fourth-order valence-corrected chi connectivity index (χ4v) is 7.46. The van der Waals surface area contributed by atoms with Crippen LogP contribution in [0.3, 0.4) is 0 Å². The molecule has 7 rings (SSSR count). The van der Waals surface area contributed by atoms with Crippen LogP contribution in [0.5, 0.6) is 11.5 Å². The molecule has 1 unspecified atom stereocenters. The molecular formula is C52H69ClN8O9. The molecule has 0 radical (unpaired) electrons. The first-order valence-corrected chi connectivity index (χ1v) is 23.9. The van der Waals surface area contributed by atoms with Crippen molar-refractivity contribution < 1.29 is 44.3 Å². The Balaban J connectivity index is 0.000000288. The zero-order valence-corrected chi connectivity index (χ0v) is 41.7. The van der Waals surface area contributed by atoms with Crippen molar-refractivity contribution in [2.24, 2.45) is 5.73 Å². The van der Waals surface area contributed by atoms with Gasteiger partial charge in [0.05, 0.1) is 31.2 Å². The second kappa shape index (κ2) is 28.3. The third kappa shape index (κ3) is 15.8. The number of phenolic OH excluding ortho intramolecular Hbond substituents is 2. The standard InChI is InChI=1S/C29H23ClN4O4.C17H29N3O5.C3H9N.C3H8/c1-16-3-2-4-21-24(36)11-23-27(26(16)21)18(12-30)13-34(23)29(38)22-15-33-14-19(7-10-25(33)32-22)31-28(37)17-5-8-20(35)9-6-17;1-14(22)20(9-11-24-12-10-21)8-7-19(2)17(23)25-13-15-3-5-16(18)6-4-15;1-2-3-4;1-3-2/h2-11,14-15,18,35-36H,12-13H2,1H3,(H,31,37);3-6,14,21-22H,7-13,18H2,1-2H3;2-4H2,1H3;3H2,1-2H3/t18-;;;/m1.../s1. The predicted octanol–water partition coefficient (Wildman–Crippen LogP) is 7.70. The third-order valence-corrected chi connectivity index (χ3v) is 11.3. The number of aliphatic hydroxyl groups is 2. The van der Waals surface area contributed by atoms with E-state index in [1.807, 2.05) is 37.3 Å². The summed E-state index contributed by atoms with van der Waals surface area (Å²) in [6, 6.07) is 23.9. The molecule has 18 heteroatoms. The van der Waals surface area contributed by atoms with Crippen molar-refractivity contribution in [3.8, 4) is 11.5 Å². The van der Waals surface area contributed by atoms with Crippen molar-refractivity contribution in [3.63, 3.8) is 0 Å². The zero-order chi connectivity index (χ0) is 51.3. The van der Waals surface area contributed by atoms with Gasteiger partial charge < -0.3 is 60.9 Å². The Kier molecular flexibility index (Phi) is 22.7. The number of anilines is 3. The van der Waals surface area contributed by atoms with E-state index >= 15 is 0 Å². The van der Waals surface area contributed by atoms with E-state index in [2.05, 4.69) is 31.1 Å². The number of carbonyl (C=O) groups excluding carboxylic acids is 3. The van der Waals surface area contributed by atoms with Crippen LogP contribution < -0.4 is 21.7 Å². The monoisotopic (exact) mass is 984 g/mol. The number of phenols is 2. The van der Waals surface area contributed by atoms with E-state index in [4.69, 9.17) is 37.6 Å². The van der Waals surface area contributed by atoms with Crippen molar-refractivity contribution >= 4 is 63.0 Å². The molecular weight excluding hydrogens is 916 g/mol. The third-order valence-electron chi connectivity index (χ3n) is 10.9. The van der Waals surface area contributed by atoms with E-state index in [1.54, 1.807) is 70.9 Å². The molecule has 1 aliphatic heterocycles. The van der Waals surface area contributed by atoms with Crippen LogP contribution in [-0.4, -0.2) is 129 Å². The number of fused-ring (bicyclic) bond motifs is 4. The molecule has 3 heterocycles. The van der Waals surface area contributed by atoms with Crippen molar-refractivity contribution in [3.05, 3.63) is 125 Å². The topological polar surface area (TPSA) is 242 Å². The van der Waals surface area contributed by atoms with Crippen LogP contribution in [0.4, 0.5) is 21.9 Å². The minimum Gasteiger partial charge on any atom is -0.508 e. The van der Waals surface area contributed by atoms with Gasteiger partial charge in [-0.1, -0.05) is 57.5 Å². The number of alkyl halides is 1. The first-order valence-electron chi connectivity index (χ1n) is 23.4. The summed E-state index contributed by atoms with van der Waals surface area (Å²) in [4.78, 5) is 47.6. The number of rotatable bonds is 16. The molecule has 6 aromatic rings. The van der Waals surface area contributed by atoms with E-state index < -0.39 is 12.3 Å². The largest absolute Gasteiger partial charge is 0.508 e. The number of halogens is 1. The van der Waals surface area contributed by atoms with Gasteiger partial charge in [0.15, 0.2) is 0 Å². The fourth-order valence-electron chi connectivity index (χ4n) is 7.21. The van der Waals surface area contributed by atoms with Crippen LogP contribution >= 0.6 is 11.6 Å². The van der Waals surface area contributed by atoms with Gasteiger partial charge in [0.2, 0.25) is 0 Å². The number of aryl methyl sites for hydroxylation is 1. The maximum atomic E-state index is 13.7. The van der Waals surface area contributed by atoms with Gasteiger partial charge in [0.25, 0.3) is 11.8 Å². The number of amides is 3. The van der Waals surface area contributed by atoms with Crippen LogP contribution in [-0.2, 0) is 16.1 Å². The highest BCUT2D eigenvalue weighted by atomic mass is 35.5. The van der Waals surface area contributed by atoms with Crippen molar-refractivity contribution in [1.82, 2.24) is 19.2 Å². The highest BCUT2D eigenvalue weighted by molar-refractivity contribution is 6.19. The number of nitrogens with zero attached hydrogens (tertiary/aromatic N) is 5. The number of aliphatic hydroxyl groups excluding tert-OH is 2. The normalized spacial score (nSPS) is 13.0. The smallest absolute Gasteiger partial charge is 0.409 e. The molecule has 378 valence electrons. The summed E-state index contributed by atoms with van der Waals surface area (Å²) in [5.41, 5.74) is 16.5. The molecule has 70 heavy (non-hydrogen) atoms. The molecule has 0 fully saturated rings. The van der Waals surface area contributed by atoms with E-state index in [9.17, 15) is 29.7 Å². The lowest BCUT2D eigenvalue weighted by atomic mass is 9.92. The van der Waals surface area contributed by atoms with Gasteiger partial charge in [0, 0.05) is 80.1 Å². The molecule has 0 bridgehead atoms. The molecule has 0 saturated heterocycles. The molecule has 0 aliphatic carbocycles. The molecule has 2 atom stereocenters. The zero-order valence-electron chi connectivity index (χ0n) is 41.0. The number of benzene rings is 4. The predicted molar refractivity (Wildman–Crippen MR) is 277 cm³/mol. The summed E-state index contributed by atoms with van der Waals surface area (Å²) in [5, 5.41) is 43.1. The van der Waals surface area contributed by atoms with Crippen molar-refractivity contribution in [2.75, 3.05) is 81.4 Å². The van der Waals surface area contributed by atoms with Gasteiger partial charge in [0.1, 0.15) is 35.7 Å². The van der Waals surface area contributed by atoms with E-state index in [0.717, 1.165) is 40.4 Å². The second-order valence-corrected chi connectivity index (χ2v) is 16.9. The average Bonchev–Trinajstić information content (AvgIpc) is 3.95. The van der Waals surface area contributed by atoms with E-state index in [-0.39, 0.29) is 54.7 Å². The number of likely N-dealkylation sites (N-methyl/N-ethyl adjacent to an activating group) is 1. The Morgan fingerprint density at radius 1 is 0.957 bits per heavy atom. The van der Waals surface area contributed by atoms with Gasteiger partial charge in [-0.3, -0.25) is 14.5 Å². The van der Waals surface area contributed by atoms with Crippen LogP contribution in [0, 0.1) is 6.92 Å². The molecule has 3 amide bonds. The highest BCUT2D eigenvalue weighted by Gasteiger charge is 2.36. The maximum absolute atomic E-state index is 13.7. The molecule has 9 N–H and O–H groups in total. The highest BCUT2D eigenvalue weighted by Crippen LogP contribution is 2.46. The van der Waals surface area contributed by atoms with Gasteiger partial charge >= 0.3 is 6.09 Å². The van der Waals surface area contributed by atoms with Crippen LogP contribution in [0.2, 0.25) is 0 Å². The Bertz CT molecular complexity index is 2590. The molecule has 17 nitrogen and oxygen atoms in total. The van der Waals surface area contributed by atoms with Gasteiger partial charge in [-0.05, 0) is 97.4 Å². The summed E-state index contributed by atoms with van der Waals surface area (Å²) < 4.78 is 12.1. The quantitative estimate of drug-likeness (QED) is 0.0213. The van der Waals surface area contributed by atoms with Crippen LogP contribution in [0.15, 0.2) is 97.3 Å². The minimum absolute atomic E-state index is 0.0305. The Labute approximate surface area is 415 Å². The number of carbonyl (C=O) groups is 3. The number of nitrogen functional groups attached to an aromatic ring is 1. The maximum Gasteiger partial charge on any atom is 0.409 e. The molecule has 0 spiro atoms. The Morgan fingerprint density at radius 2 is 1.64 bits per heavy atom. The SMILES string of the molecule is CC(O)N(CCOCCO)CCN(C)C(=O)OCc1ccc(N)cc1.CCC.CCCN.Cc1cccc2c(O)cc3c(c12)[C@H](CCl)CN3C(=O)c1cn2cc(NC(=O)c3ccc(O)cc3)ccc2n1. The number of hydrogen-bond acceptors (Lipinski definition) is 13. The summed E-state index contributed by atoms with van der Waals surface area (Å²) >= 11 is 6.35. The van der Waals surface area contributed by atoms with E-state index in [0.29, 0.717) is 66.9 Å². The lowest BCUT2D eigenvalue weighted by molar-refractivity contribution is -0.0101. The number of pyridine rings is 1. The number of aromatic nitrogens is 2. The van der Waals surface area contributed by atoms with Gasteiger partial charge in [-0.25, -0.2) is 9.78 Å². The lowest BCUT2D eigenvalue weighted by Crippen LogP contribution is -2.42. The number of hydrogen-bond donors (Lipinski definition) is 7. The first kappa shape index (κ1) is 56.1. The van der Waals surface area contributed by atoms with E-state index in [1.165, 1.54) is 35.6 Å². The second-order valence-electron chi connectivity index (χ2n) is 16.6. The van der Waals surface area contributed by atoms with Crippen LogP contribution in [0.1, 0.15) is 84.0 Å². The molecule has 2 aromatic heterocycles. The number of nitrogens with two attached hydrogens (primary N) is 2. The van der Waals surface area contributed by atoms with Crippen molar-refractivity contribution in [1.29, 1.82) is 0 Å². The van der Waals surface area contributed by atoms with Gasteiger partial charge in [-0.2, -0.15) is 0 Å². The lowest BCUT2D eigenvalue weighted by Gasteiger charge is -2.27. The minimum atomic E-state index is -0.656. The molecule has 0 saturated carbocycles. The molecule has 1 aliphatic rings. The number of aromatic hydroxyl groups is 2. The van der Waals surface area contributed by atoms with Crippen LogP contribution in [0.25, 0.3) is 16.4 Å². The van der Waals surface area contributed by atoms with Gasteiger partial charge in [-0.15, -0.1) is 11.6 Å². The fraction of sp³-hybridized carbons (Fsp3) is 0.385. The summed E-state index contributed by atoms with van der Waals surface area (Å²) in [6.07, 6.45) is 4.56. The Hall–Kier alpha value is -6.47. The molecule has 4 aromatic carbocycles. The Morgan fingerprint density at radius 3 is 2.27 bits per heavy atom.